The summed E-state index contributed by atoms with van der Waals surface area (Å²) in [6, 6.07) is 4.81. The molecule has 3 rings (SSSR count). The van der Waals surface area contributed by atoms with E-state index in [0.717, 1.165) is 38.0 Å². The summed E-state index contributed by atoms with van der Waals surface area (Å²) in [7, 11) is -3.69. The van der Waals surface area contributed by atoms with Gasteiger partial charge in [-0.05, 0) is 78.0 Å². The number of morpholine rings is 1. The Balaban J connectivity index is 1.64. The van der Waals surface area contributed by atoms with Crippen LogP contribution in [0.5, 0.6) is 0 Å². The van der Waals surface area contributed by atoms with Gasteiger partial charge in [0.15, 0.2) is 0 Å². The molecule has 1 amide bonds. The fraction of sp³-hybridized carbons (Fsp3) is 0.708. The van der Waals surface area contributed by atoms with Crippen LogP contribution in [-0.2, 0) is 14.8 Å². The Morgan fingerprint density at radius 2 is 1.72 bits per heavy atom. The molecule has 1 aromatic carbocycles. The molecule has 0 aromatic heterocycles. The second-order valence-corrected chi connectivity index (χ2v) is 12.2. The molecule has 0 spiro atoms. The van der Waals surface area contributed by atoms with Gasteiger partial charge in [-0.3, -0.25) is 9.69 Å². The molecule has 2 unspecified atom stereocenters. The zero-order chi connectivity index (χ0) is 23.7. The fourth-order valence-electron chi connectivity index (χ4n) is 4.75. The molecule has 7 nitrogen and oxygen atoms in total. The van der Waals surface area contributed by atoms with Gasteiger partial charge in [-0.15, -0.1) is 0 Å². The lowest BCUT2D eigenvalue weighted by atomic mass is 9.94. The van der Waals surface area contributed by atoms with Crippen LogP contribution in [0.25, 0.3) is 0 Å². The van der Waals surface area contributed by atoms with Crippen LogP contribution in [0.4, 0.5) is 0 Å². The largest absolute Gasteiger partial charge is 0.373 e. The lowest BCUT2D eigenvalue weighted by molar-refractivity contribution is -0.0728. The van der Waals surface area contributed by atoms with Gasteiger partial charge < -0.3 is 9.64 Å². The predicted octanol–water partition coefficient (Wildman–Crippen LogP) is 3.03. The van der Waals surface area contributed by atoms with Crippen molar-refractivity contribution in [3.8, 4) is 0 Å². The highest BCUT2D eigenvalue weighted by molar-refractivity contribution is 7.89. The second-order valence-electron chi connectivity index (χ2n) is 10.5. The van der Waals surface area contributed by atoms with Crippen molar-refractivity contribution in [2.45, 2.75) is 77.0 Å². The molecule has 0 aliphatic carbocycles. The first-order chi connectivity index (χ1) is 14.8. The molecule has 2 aliphatic rings. The number of rotatable bonds is 5. The Bertz CT molecular complexity index is 908. The van der Waals surface area contributed by atoms with Crippen LogP contribution < -0.4 is 4.72 Å². The number of carbonyl (C=O) groups excluding carboxylic acids is 1. The third-order valence-corrected chi connectivity index (χ3v) is 7.86. The van der Waals surface area contributed by atoms with Gasteiger partial charge in [0.05, 0.1) is 17.1 Å². The summed E-state index contributed by atoms with van der Waals surface area (Å²) < 4.78 is 34.0. The molecule has 2 heterocycles. The van der Waals surface area contributed by atoms with Gasteiger partial charge >= 0.3 is 0 Å². The van der Waals surface area contributed by atoms with Crippen molar-refractivity contribution in [1.29, 1.82) is 0 Å². The first kappa shape index (κ1) is 25.1. The molecular formula is C24H39N3O4S. The van der Waals surface area contributed by atoms with Gasteiger partial charge in [-0.25, -0.2) is 13.1 Å². The number of likely N-dealkylation sites (tertiary alicyclic amines) is 1. The average molecular weight is 466 g/mol. The third kappa shape index (κ3) is 6.53. The summed E-state index contributed by atoms with van der Waals surface area (Å²) in [5.74, 6) is 0.489. The summed E-state index contributed by atoms with van der Waals surface area (Å²) in [6.07, 6.45) is 2.46. The molecule has 2 fully saturated rings. The molecule has 0 radical (unpaired) electrons. The standard InChI is InChI=1S/C24H39N3O4S/c1-17-7-8-21(32(29,30)25-24(4,5)6)13-22(17)23(28)27-11-9-20(10-12-27)16-26-14-18(2)31-19(3)15-26/h7-8,13,18-20,25H,9-12,14-16H2,1-6H3. The number of nitrogens with zero attached hydrogens (tertiary/aromatic N) is 2. The number of piperidine rings is 1. The fourth-order valence-corrected chi connectivity index (χ4v) is 6.19. The number of nitrogens with one attached hydrogen (secondary N) is 1. The van der Waals surface area contributed by atoms with Crippen molar-refractivity contribution in [2.75, 3.05) is 32.7 Å². The van der Waals surface area contributed by atoms with Crippen molar-refractivity contribution in [3.05, 3.63) is 29.3 Å². The molecule has 1 aromatic rings. The highest BCUT2D eigenvalue weighted by Gasteiger charge is 2.29. The van der Waals surface area contributed by atoms with Crippen LogP contribution in [0.2, 0.25) is 0 Å². The first-order valence-corrected chi connectivity index (χ1v) is 13.1. The van der Waals surface area contributed by atoms with Gasteiger partial charge in [-0.2, -0.15) is 0 Å². The van der Waals surface area contributed by atoms with Crippen molar-refractivity contribution in [1.82, 2.24) is 14.5 Å². The normalized spacial score (nSPS) is 24.0. The number of carbonyl (C=O) groups is 1. The minimum absolute atomic E-state index is 0.0811. The summed E-state index contributed by atoms with van der Waals surface area (Å²) >= 11 is 0. The summed E-state index contributed by atoms with van der Waals surface area (Å²) in [4.78, 5) is 17.7. The molecule has 1 N–H and O–H groups in total. The molecule has 32 heavy (non-hydrogen) atoms. The zero-order valence-electron chi connectivity index (χ0n) is 20.3. The van der Waals surface area contributed by atoms with Gasteiger partial charge in [-0.1, -0.05) is 6.07 Å². The van der Waals surface area contributed by atoms with Gasteiger partial charge in [0, 0.05) is 43.8 Å². The van der Waals surface area contributed by atoms with Crippen LogP contribution >= 0.6 is 0 Å². The van der Waals surface area contributed by atoms with E-state index in [4.69, 9.17) is 4.74 Å². The number of amides is 1. The van der Waals surface area contributed by atoms with E-state index in [0.29, 0.717) is 24.6 Å². The third-order valence-electron chi connectivity index (χ3n) is 6.10. The minimum atomic E-state index is -3.69. The molecule has 2 atom stereocenters. The quantitative estimate of drug-likeness (QED) is 0.723. The zero-order valence-corrected chi connectivity index (χ0v) is 21.2. The second kappa shape index (κ2) is 9.79. The van der Waals surface area contributed by atoms with E-state index >= 15 is 0 Å². The maximum atomic E-state index is 13.3. The van der Waals surface area contributed by atoms with Gasteiger partial charge in [0.1, 0.15) is 0 Å². The highest BCUT2D eigenvalue weighted by atomic mass is 32.2. The topological polar surface area (TPSA) is 79.0 Å². The van der Waals surface area contributed by atoms with Gasteiger partial charge in [0.25, 0.3) is 5.91 Å². The van der Waals surface area contributed by atoms with E-state index in [1.54, 1.807) is 32.9 Å². The lowest BCUT2D eigenvalue weighted by Crippen LogP contribution is -2.48. The van der Waals surface area contributed by atoms with Crippen molar-refractivity contribution in [3.63, 3.8) is 0 Å². The Kier molecular flexibility index (Phi) is 7.70. The molecule has 2 aliphatic heterocycles. The van der Waals surface area contributed by atoms with E-state index in [2.05, 4.69) is 23.5 Å². The van der Waals surface area contributed by atoms with Crippen LogP contribution in [0.3, 0.4) is 0 Å². The SMILES string of the molecule is Cc1ccc(S(=O)(=O)NC(C)(C)C)cc1C(=O)N1CCC(CN2CC(C)OC(C)C2)CC1. The molecule has 0 saturated carbocycles. The Morgan fingerprint density at radius 1 is 1.12 bits per heavy atom. The number of benzene rings is 1. The number of sulfonamides is 1. The van der Waals surface area contributed by atoms with Crippen molar-refractivity contribution < 1.29 is 17.9 Å². The number of hydrogen-bond donors (Lipinski definition) is 1. The summed E-state index contributed by atoms with van der Waals surface area (Å²) in [5.41, 5.74) is 0.672. The van der Waals surface area contributed by atoms with E-state index in [1.165, 1.54) is 6.07 Å². The van der Waals surface area contributed by atoms with Crippen LogP contribution in [0.1, 0.15) is 63.4 Å². The van der Waals surface area contributed by atoms with Crippen LogP contribution in [0.15, 0.2) is 23.1 Å². The maximum Gasteiger partial charge on any atom is 0.254 e. The van der Waals surface area contributed by atoms with Crippen molar-refractivity contribution >= 4 is 15.9 Å². The highest BCUT2D eigenvalue weighted by Crippen LogP contribution is 2.24. The van der Waals surface area contributed by atoms with E-state index in [1.807, 2.05) is 11.8 Å². The molecule has 180 valence electrons. The predicted molar refractivity (Wildman–Crippen MR) is 126 cm³/mol. The number of ether oxygens (including phenoxy) is 1. The van der Waals surface area contributed by atoms with E-state index in [9.17, 15) is 13.2 Å². The maximum absolute atomic E-state index is 13.3. The van der Waals surface area contributed by atoms with Gasteiger partial charge in [0.2, 0.25) is 10.0 Å². The van der Waals surface area contributed by atoms with Crippen LogP contribution in [-0.4, -0.2) is 74.6 Å². The Labute approximate surface area is 193 Å². The summed E-state index contributed by atoms with van der Waals surface area (Å²) in [5, 5.41) is 0. The monoisotopic (exact) mass is 465 g/mol. The molecule has 2 saturated heterocycles. The molecule has 0 bridgehead atoms. The molecular weight excluding hydrogens is 426 g/mol. The smallest absolute Gasteiger partial charge is 0.254 e. The van der Waals surface area contributed by atoms with Crippen molar-refractivity contribution in [2.24, 2.45) is 5.92 Å². The molecule has 8 heteroatoms. The average Bonchev–Trinajstić information content (AvgIpc) is 2.65. The van der Waals surface area contributed by atoms with E-state index < -0.39 is 15.6 Å². The number of hydrogen-bond acceptors (Lipinski definition) is 5. The summed E-state index contributed by atoms with van der Waals surface area (Å²) in [6.45, 7) is 15.9. The minimum Gasteiger partial charge on any atom is -0.373 e. The Morgan fingerprint density at radius 3 is 2.28 bits per heavy atom. The van der Waals surface area contributed by atoms with E-state index in [-0.39, 0.29) is 23.0 Å². The number of aryl methyl sites for hydroxylation is 1. The Hall–Kier alpha value is -1.48. The first-order valence-electron chi connectivity index (χ1n) is 11.7. The lowest BCUT2D eigenvalue weighted by Gasteiger charge is -2.39. The van der Waals surface area contributed by atoms with Crippen LogP contribution in [0, 0.1) is 12.8 Å².